The van der Waals surface area contributed by atoms with Gasteiger partial charge in [-0.3, -0.25) is 4.79 Å². The van der Waals surface area contributed by atoms with Crippen LogP contribution in [0.3, 0.4) is 0 Å². The number of ether oxygens (including phenoxy) is 1. The molecule has 0 heterocycles. The zero-order valence-electron chi connectivity index (χ0n) is 7.35. The van der Waals surface area contributed by atoms with Gasteiger partial charge in [-0.15, -0.1) is 0 Å². The molecule has 0 aromatic heterocycles. The zero-order valence-corrected chi connectivity index (χ0v) is 9.35. The van der Waals surface area contributed by atoms with Crippen LogP contribution in [0.15, 0.2) is 0 Å². The van der Waals surface area contributed by atoms with Crippen molar-refractivity contribution in [1.29, 1.82) is 0 Å². The van der Waals surface area contributed by atoms with Gasteiger partial charge in [-0.05, 0) is 32.6 Å². The van der Waals surface area contributed by atoms with Gasteiger partial charge >= 0.3 is 0 Å². The molecule has 0 bridgehead atoms. The first-order chi connectivity index (χ1) is 5.12. The molecule has 64 valence electrons. The highest BCUT2D eigenvalue weighted by molar-refractivity contribution is 6.55. The van der Waals surface area contributed by atoms with Gasteiger partial charge in [0.15, 0.2) is 0 Å². The minimum absolute atomic E-state index is 0.00519. The molecule has 0 radical (unpaired) electrons. The second-order valence-electron chi connectivity index (χ2n) is 3.60. The number of rotatable bonds is 1. The Morgan fingerprint density at radius 1 is 1.36 bits per heavy atom. The van der Waals surface area contributed by atoms with Crippen LogP contribution in [-0.4, -0.2) is 21.4 Å². The molecule has 0 aromatic rings. The lowest BCUT2D eigenvalue weighted by Gasteiger charge is -2.32. The molecule has 1 rings (SSSR count). The summed E-state index contributed by atoms with van der Waals surface area (Å²) in [5.74, 6) is 0. The highest BCUT2D eigenvalue weighted by Gasteiger charge is 2.29. The van der Waals surface area contributed by atoms with Crippen LogP contribution in [0.4, 0.5) is 4.79 Å². The molecule has 0 saturated heterocycles. The normalized spacial score (nSPS) is 23.0. The minimum atomic E-state index is -0.114. The van der Waals surface area contributed by atoms with E-state index in [1.165, 1.54) is 19.3 Å². The summed E-state index contributed by atoms with van der Waals surface area (Å²) in [4.78, 5) is 10.8. The summed E-state index contributed by atoms with van der Waals surface area (Å²) >= 11 is 0. The van der Waals surface area contributed by atoms with E-state index in [-0.39, 0.29) is 11.2 Å². The smallest absolute Gasteiger partial charge is 0.260 e. The minimum Gasteiger partial charge on any atom is -0.464 e. The Kier molecular flexibility index (Phi) is 2.71. The van der Waals surface area contributed by atoms with Crippen LogP contribution >= 0.6 is 0 Å². The van der Waals surface area contributed by atoms with Gasteiger partial charge in [0.05, 0.1) is 0 Å². The molecule has 1 aliphatic carbocycles. The molecule has 2 nitrogen and oxygen atoms in total. The van der Waals surface area contributed by atoms with Crippen LogP contribution < -0.4 is 0 Å². The molecule has 11 heavy (non-hydrogen) atoms. The van der Waals surface area contributed by atoms with Gasteiger partial charge in [0.25, 0.3) is 5.59 Å². The number of carbonyl (C=O) groups is 1. The third-order valence-corrected chi connectivity index (χ3v) is 2.51. The fourth-order valence-corrected chi connectivity index (χ4v) is 2.24. The Morgan fingerprint density at radius 3 is 2.36 bits per heavy atom. The molecule has 1 fully saturated rings. The molecule has 0 amide bonds. The molecule has 0 aliphatic heterocycles. The van der Waals surface area contributed by atoms with E-state index in [0.29, 0.717) is 10.2 Å². The number of hydrogen-bond donors (Lipinski definition) is 0. The Hall–Kier alpha value is -0.313. The van der Waals surface area contributed by atoms with Gasteiger partial charge in [-0.25, -0.2) is 0 Å². The monoisotopic (exact) mass is 172 g/mol. The van der Waals surface area contributed by atoms with Crippen molar-refractivity contribution >= 4 is 15.8 Å². The second-order valence-corrected chi connectivity index (χ2v) is 4.42. The van der Waals surface area contributed by atoms with Crippen LogP contribution in [0.25, 0.3) is 0 Å². The summed E-state index contributed by atoms with van der Waals surface area (Å²) in [6.45, 7) is 2.06. The topological polar surface area (TPSA) is 26.3 Å². The molecule has 1 aliphatic rings. The lowest BCUT2D eigenvalue weighted by Crippen LogP contribution is -2.33. The third kappa shape index (κ3) is 2.65. The van der Waals surface area contributed by atoms with Crippen LogP contribution in [0, 0.1) is 0 Å². The van der Waals surface area contributed by atoms with Crippen LogP contribution in [0.2, 0.25) is 0 Å². The lowest BCUT2D eigenvalue weighted by molar-refractivity contribution is 0.0120. The summed E-state index contributed by atoms with van der Waals surface area (Å²) < 4.78 is 5.30. The molecule has 0 spiro atoms. The highest BCUT2D eigenvalue weighted by atomic mass is 28.1. The van der Waals surface area contributed by atoms with Gasteiger partial charge in [-0.1, -0.05) is 6.42 Å². The largest absolute Gasteiger partial charge is 0.464 e. The van der Waals surface area contributed by atoms with Crippen molar-refractivity contribution in [2.45, 2.75) is 44.6 Å². The van der Waals surface area contributed by atoms with E-state index in [0.717, 1.165) is 12.8 Å². The van der Waals surface area contributed by atoms with Crippen molar-refractivity contribution < 1.29 is 9.53 Å². The maximum Gasteiger partial charge on any atom is 0.260 e. The van der Waals surface area contributed by atoms with Crippen LogP contribution in [0.1, 0.15) is 39.0 Å². The van der Waals surface area contributed by atoms with E-state index in [2.05, 4.69) is 6.92 Å². The first-order valence-electron chi connectivity index (χ1n) is 4.32. The zero-order chi connectivity index (χ0) is 8.32. The van der Waals surface area contributed by atoms with Gasteiger partial charge in [0.1, 0.15) is 15.8 Å². The number of hydrogen-bond acceptors (Lipinski definition) is 2. The van der Waals surface area contributed by atoms with E-state index in [1.54, 1.807) is 0 Å². The maximum atomic E-state index is 10.8. The van der Waals surface area contributed by atoms with Crippen LogP contribution in [0.5, 0.6) is 0 Å². The van der Waals surface area contributed by atoms with E-state index >= 15 is 0 Å². The summed E-state index contributed by atoms with van der Waals surface area (Å²) in [7, 11) is 0.524. The Morgan fingerprint density at radius 2 is 1.91 bits per heavy atom. The summed E-state index contributed by atoms with van der Waals surface area (Å²) in [5, 5.41) is 0. The third-order valence-electron chi connectivity index (χ3n) is 2.30. The van der Waals surface area contributed by atoms with Crippen LogP contribution in [-0.2, 0) is 4.74 Å². The van der Waals surface area contributed by atoms with E-state index in [4.69, 9.17) is 4.74 Å². The van der Waals surface area contributed by atoms with Crippen molar-refractivity contribution in [2.75, 3.05) is 0 Å². The van der Waals surface area contributed by atoms with Crippen molar-refractivity contribution in [3.05, 3.63) is 0 Å². The molecule has 0 N–H and O–H groups in total. The lowest BCUT2D eigenvalue weighted by atomic mass is 9.86. The summed E-state index contributed by atoms with van der Waals surface area (Å²) in [5.41, 5.74) is -0.119. The molecule has 3 heteroatoms. The Bertz CT molecular complexity index is 150. The van der Waals surface area contributed by atoms with E-state index in [1.807, 2.05) is 0 Å². The van der Waals surface area contributed by atoms with Gasteiger partial charge in [0.2, 0.25) is 0 Å². The molecule has 0 atom stereocenters. The molecule has 0 aromatic carbocycles. The number of carbonyl (C=O) groups excluding carboxylic acids is 1. The maximum absolute atomic E-state index is 10.8. The SMILES string of the molecule is CC1(OC(=O)[SiH3])CCCCC1. The van der Waals surface area contributed by atoms with E-state index < -0.39 is 0 Å². The van der Waals surface area contributed by atoms with Gasteiger partial charge < -0.3 is 4.74 Å². The highest BCUT2D eigenvalue weighted by Crippen LogP contribution is 2.30. The fraction of sp³-hybridized carbons (Fsp3) is 0.875. The van der Waals surface area contributed by atoms with Crippen molar-refractivity contribution in [1.82, 2.24) is 0 Å². The predicted molar refractivity (Wildman–Crippen MR) is 47.9 cm³/mol. The average molecular weight is 172 g/mol. The van der Waals surface area contributed by atoms with E-state index in [9.17, 15) is 4.79 Å². The molecule has 0 unspecified atom stereocenters. The first kappa shape index (κ1) is 8.78. The molecular weight excluding hydrogens is 156 g/mol. The Labute approximate surface area is 70.7 Å². The summed E-state index contributed by atoms with van der Waals surface area (Å²) in [6.07, 6.45) is 5.84. The molecule has 1 saturated carbocycles. The Balaban J connectivity index is 2.43. The van der Waals surface area contributed by atoms with Crippen molar-refractivity contribution in [3.8, 4) is 0 Å². The summed E-state index contributed by atoms with van der Waals surface area (Å²) in [6, 6.07) is 0. The standard InChI is InChI=1S/C8H16O2Si/c1-8(10-7(9)11)5-3-2-4-6-8/h2-6H2,1,11H3. The fourth-order valence-electron chi connectivity index (χ4n) is 1.75. The molecular formula is C8H16O2Si. The van der Waals surface area contributed by atoms with Crippen molar-refractivity contribution in [2.24, 2.45) is 0 Å². The van der Waals surface area contributed by atoms with Gasteiger partial charge in [0, 0.05) is 0 Å². The van der Waals surface area contributed by atoms with Crippen molar-refractivity contribution in [3.63, 3.8) is 0 Å². The second kappa shape index (κ2) is 3.39. The average Bonchev–Trinajstić information content (AvgIpc) is 1.85. The van der Waals surface area contributed by atoms with Gasteiger partial charge in [-0.2, -0.15) is 0 Å². The quantitative estimate of drug-likeness (QED) is 0.556. The predicted octanol–water partition coefficient (Wildman–Crippen LogP) is 1.21. The first-order valence-corrected chi connectivity index (χ1v) is 5.32.